The molecule has 0 aromatic heterocycles. The number of benzene rings is 1. The van der Waals surface area contributed by atoms with Crippen molar-refractivity contribution in [2.75, 3.05) is 6.54 Å². The topological polar surface area (TPSA) is 55.1 Å². The van der Waals surface area contributed by atoms with E-state index < -0.39 is 0 Å². The molecule has 3 aliphatic carbocycles. The van der Waals surface area contributed by atoms with Crippen LogP contribution in [0.3, 0.4) is 0 Å². The van der Waals surface area contributed by atoms with Gasteiger partial charge in [0.1, 0.15) is 0 Å². The lowest BCUT2D eigenvalue weighted by Gasteiger charge is -2.21. The van der Waals surface area contributed by atoms with E-state index in [4.69, 9.17) is 5.73 Å². The maximum atomic E-state index is 12.0. The van der Waals surface area contributed by atoms with Crippen LogP contribution in [-0.4, -0.2) is 12.5 Å². The van der Waals surface area contributed by atoms with Crippen molar-refractivity contribution >= 4 is 5.91 Å². The molecule has 0 saturated heterocycles. The number of hydrogen-bond acceptors (Lipinski definition) is 2. The molecule has 0 spiro atoms. The number of rotatable bonds is 2. The highest BCUT2D eigenvalue weighted by Gasteiger charge is 2.66. The maximum Gasteiger partial charge on any atom is 0.251 e. The number of hydrogen-bond donors (Lipinski definition) is 2. The average molecular weight is 282 g/mol. The second-order valence-corrected chi connectivity index (χ2v) is 7.51. The Balaban J connectivity index is 1.43. The lowest BCUT2D eigenvalue weighted by Crippen LogP contribution is -2.32. The highest BCUT2D eigenvalue weighted by atomic mass is 16.1. The van der Waals surface area contributed by atoms with E-state index in [1.165, 1.54) is 30.4 Å². The first kappa shape index (κ1) is 12.2. The zero-order valence-corrected chi connectivity index (χ0v) is 12.2. The third-order valence-corrected chi connectivity index (χ3v) is 6.65. The van der Waals surface area contributed by atoms with Crippen LogP contribution in [0.5, 0.6) is 0 Å². The molecule has 3 N–H and O–H groups in total. The lowest BCUT2D eigenvalue weighted by atomic mass is 9.90. The summed E-state index contributed by atoms with van der Waals surface area (Å²) in [5.41, 5.74) is 9.78. The quantitative estimate of drug-likeness (QED) is 0.874. The first-order chi connectivity index (χ1) is 10.2. The number of carbonyl (C=O) groups is 1. The molecular weight excluding hydrogens is 260 g/mol. The van der Waals surface area contributed by atoms with Crippen LogP contribution >= 0.6 is 0 Å². The van der Waals surface area contributed by atoms with E-state index in [1.807, 2.05) is 0 Å². The first-order valence-electron chi connectivity index (χ1n) is 8.40. The summed E-state index contributed by atoms with van der Waals surface area (Å²) in [7, 11) is 0. The van der Waals surface area contributed by atoms with Crippen molar-refractivity contribution in [2.45, 2.75) is 31.7 Å². The molecule has 1 heterocycles. The molecule has 3 fully saturated rings. The predicted octanol–water partition coefficient (Wildman–Crippen LogP) is 2.26. The van der Waals surface area contributed by atoms with E-state index in [1.54, 1.807) is 0 Å². The van der Waals surface area contributed by atoms with Gasteiger partial charge in [0.25, 0.3) is 5.91 Å². The molecule has 5 atom stereocenters. The van der Waals surface area contributed by atoms with Crippen molar-refractivity contribution in [1.82, 2.24) is 5.32 Å². The molecule has 1 aliphatic heterocycles. The van der Waals surface area contributed by atoms with Gasteiger partial charge in [-0.3, -0.25) is 4.79 Å². The molecule has 4 aliphatic rings. The fourth-order valence-corrected chi connectivity index (χ4v) is 5.73. The Bertz CT molecular complexity index is 610. The average Bonchev–Trinajstić information content (AvgIpc) is 2.94. The number of carbonyl (C=O) groups excluding carboxylic acids is 1. The second kappa shape index (κ2) is 4.10. The monoisotopic (exact) mass is 282 g/mol. The minimum atomic E-state index is 0.0707. The summed E-state index contributed by atoms with van der Waals surface area (Å²) in [4.78, 5) is 12.0. The van der Waals surface area contributed by atoms with Crippen molar-refractivity contribution in [2.24, 2.45) is 35.3 Å². The molecule has 3 heteroatoms. The smallest absolute Gasteiger partial charge is 0.251 e. The molecule has 2 bridgehead atoms. The number of amides is 1. The van der Waals surface area contributed by atoms with Gasteiger partial charge in [-0.1, -0.05) is 12.1 Å². The van der Waals surface area contributed by atoms with Crippen LogP contribution in [-0.2, 0) is 6.42 Å². The summed E-state index contributed by atoms with van der Waals surface area (Å²) >= 11 is 0. The van der Waals surface area contributed by atoms with Crippen molar-refractivity contribution < 1.29 is 4.79 Å². The van der Waals surface area contributed by atoms with Gasteiger partial charge in [0, 0.05) is 18.2 Å². The minimum absolute atomic E-state index is 0.0707. The molecule has 110 valence electrons. The maximum absolute atomic E-state index is 12.0. The zero-order chi connectivity index (χ0) is 14.1. The summed E-state index contributed by atoms with van der Waals surface area (Å²) in [6.07, 6.45) is 5.27. The van der Waals surface area contributed by atoms with E-state index in [0.29, 0.717) is 5.92 Å². The van der Waals surface area contributed by atoms with Gasteiger partial charge in [-0.15, -0.1) is 0 Å². The van der Waals surface area contributed by atoms with Gasteiger partial charge in [-0.2, -0.15) is 0 Å². The number of nitrogens with two attached hydrogens (primary N) is 1. The fraction of sp³-hybridized carbons (Fsp3) is 0.611. The van der Waals surface area contributed by atoms with Crippen molar-refractivity contribution in [3.05, 3.63) is 34.9 Å². The lowest BCUT2D eigenvalue weighted by molar-refractivity contribution is 0.0946. The van der Waals surface area contributed by atoms with Gasteiger partial charge in [-0.25, -0.2) is 0 Å². The number of nitrogens with one attached hydrogen (secondary N) is 1. The largest absolute Gasteiger partial charge is 0.352 e. The van der Waals surface area contributed by atoms with Crippen LogP contribution in [0, 0.1) is 29.6 Å². The van der Waals surface area contributed by atoms with E-state index >= 15 is 0 Å². The molecule has 1 amide bonds. The minimum Gasteiger partial charge on any atom is -0.352 e. The summed E-state index contributed by atoms with van der Waals surface area (Å²) in [6, 6.07) is 6.47. The van der Waals surface area contributed by atoms with E-state index in [0.717, 1.165) is 42.2 Å². The molecule has 1 aromatic carbocycles. The van der Waals surface area contributed by atoms with E-state index in [2.05, 4.69) is 23.5 Å². The molecule has 0 radical (unpaired) electrons. The molecular formula is C18H22N2O. The Kier molecular flexibility index (Phi) is 2.38. The molecule has 3 nitrogen and oxygen atoms in total. The first-order valence-corrected chi connectivity index (χ1v) is 8.40. The third-order valence-electron chi connectivity index (χ3n) is 6.65. The Hall–Kier alpha value is -1.35. The van der Waals surface area contributed by atoms with Crippen LogP contribution < -0.4 is 11.1 Å². The van der Waals surface area contributed by atoms with E-state index in [-0.39, 0.29) is 11.9 Å². The van der Waals surface area contributed by atoms with Gasteiger partial charge in [0.2, 0.25) is 0 Å². The summed E-state index contributed by atoms with van der Waals surface area (Å²) < 4.78 is 0. The molecule has 5 unspecified atom stereocenters. The number of fused-ring (bicyclic) bond motifs is 6. The van der Waals surface area contributed by atoms with Gasteiger partial charge in [0.15, 0.2) is 0 Å². The van der Waals surface area contributed by atoms with Crippen LogP contribution in [0.25, 0.3) is 0 Å². The molecule has 5 rings (SSSR count). The van der Waals surface area contributed by atoms with Gasteiger partial charge in [-0.05, 0) is 72.5 Å². The van der Waals surface area contributed by atoms with Crippen LogP contribution in [0.4, 0.5) is 0 Å². The second-order valence-electron chi connectivity index (χ2n) is 7.51. The van der Waals surface area contributed by atoms with Gasteiger partial charge in [0.05, 0.1) is 0 Å². The van der Waals surface area contributed by atoms with Crippen LogP contribution in [0.1, 0.15) is 46.8 Å². The predicted molar refractivity (Wildman–Crippen MR) is 80.7 cm³/mol. The van der Waals surface area contributed by atoms with Crippen LogP contribution in [0.2, 0.25) is 0 Å². The summed E-state index contributed by atoms with van der Waals surface area (Å²) in [6.45, 7) is 0.757. The van der Waals surface area contributed by atoms with Gasteiger partial charge >= 0.3 is 0 Å². The fourth-order valence-electron chi connectivity index (χ4n) is 5.73. The Morgan fingerprint density at radius 2 is 1.95 bits per heavy atom. The third kappa shape index (κ3) is 1.61. The van der Waals surface area contributed by atoms with Gasteiger partial charge < -0.3 is 11.1 Å². The van der Waals surface area contributed by atoms with Crippen LogP contribution in [0.15, 0.2) is 18.2 Å². The molecule has 21 heavy (non-hydrogen) atoms. The summed E-state index contributed by atoms with van der Waals surface area (Å²) in [5.74, 6) is 4.45. The Labute approximate surface area is 125 Å². The zero-order valence-electron chi connectivity index (χ0n) is 12.2. The summed E-state index contributed by atoms with van der Waals surface area (Å²) in [5, 5.41) is 2.93. The van der Waals surface area contributed by atoms with Crippen molar-refractivity contribution in [1.29, 1.82) is 0 Å². The Morgan fingerprint density at radius 3 is 2.71 bits per heavy atom. The normalized spacial score (nSPS) is 40.4. The van der Waals surface area contributed by atoms with E-state index in [9.17, 15) is 4.79 Å². The van der Waals surface area contributed by atoms with Crippen molar-refractivity contribution in [3.8, 4) is 0 Å². The molecule has 1 aromatic rings. The Morgan fingerprint density at radius 1 is 1.19 bits per heavy atom. The standard InChI is InChI=1S/C18H22N2O/c19-17(16-14-10-2-3-11(7-10)15(14)16)12-4-1-9-5-6-20-18(21)13(9)8-12/h1,4,8,10-11,14-17H,2-3,5-7,19H2,(H,20,21). The highest BCUT2D eigenvalue weighted by molar-refractivity contribution is 5.96. The highest BCUT2D eigenvalue weighted by Crippen LogP contribution is 2.71. The SMILES string of the molecule is NC(c1ccc2c(c1)C(=O)NCC2)C1C2C3CCC(C3)C21. The molecule has 3 saturated carbocycles. The van der Waals surface area contributed by atoms with Crippen molar-refractivity contribution in [3.63, 3.8) is 0 Å².